The van der Waals surface area contributed by atoms with E-state index in [0.717, 1.165) is 18.7 Å². The first-order chi connectivity index (χ1) is 6.46. The molecule has 1 heterocycles. The van der Waals surface area contributed by atoms with Crippen LogP contribution in [0.2, 0.25) is 0 Å². The van der Waals surface area contributed by atoms with Crippen molar-refractivity contribution in [3.63, 3.8) is 0 Å². The summed E-state index contributed by atoms with van der Waals surface area (Å²) in [7, 11) is 0. The fourth-order valence-corrected chi connectivity index (χ4v) is 1.42. The van der Waals surface area contributed by atoms with E-state index in [9.17, 15) is 0 Å². The van der Waals surface area contributed by atoms with E-state index < -0.39 is 0 Å². The number of hydrogen-bond donors (Lipinski definition) is 1. The van der Waals surface area contributed by atoms with Crippen LogP contribution in [0.3, 0.4) is 0 Å². The van der Waals surface area contributed by atoms with Gasteiger partial charge in [0.05, 0.1) is 12.0 Å². The van der Waals surface area contributed by atoms with Crippen molar-refractivity contribution in [1.82, 2.24) is 9.55 Å². The first-order valence-electron chi connectivity index (χ1n) is 5.22. The predicted molar refractivity (Wildman–Crippen MR) is 58.9 cm³/mol. The molecule has 3 heteroatoms. The topological polar surface area (TPSA) is 43.8 Å². The Hall–Kier alpha value is -0.830. The predicted octanol–water partition coefficient (Wildman–Crippen LogP) is 2.34. The summed E-state index contributed by atoms with van der Waals surface area (Å²) in [5.74, 6) is 0. The van der Waals surface area contributed by atoms with Crippen LogP contribution in [-0.2, 0) is 6.54 Å². The molecule has 0 aliphatic rings. The third-order valence-electron chi connectivity index (χ3n) is 2.77. The summed E-state index contributed by atoms with van der Waals surface area (Å²) < 4.78 is 2.16. The molecule has 0 aliphatic heterocycles. The van der Waals surface area contributed by atoms with E-state index in [1.54, 1.807) is 0 Å². The highest BCUT2D eigenvalue weighted by Gasteiger charge is 2.18. The van der Waals surface area contributed by atoms with Gasteiger partial charge in [-0.05, 0) is 18.8 Å². The van der Waals surface area contributed by atoms with Crippen molar-refractivity contribution in [3.8, 4) is 0 Å². The Kier molecular flexibility index (Phi) is 3.32. The molecule has 1 atom stereocenters. The average molecular weight is 195 g/mol. The Labute approximate surface area is 86.3 Å². The summed E-state index contributed by atoms with van der Waals surface area (Å²) >= 11 is 0. The lowest BCUT2D eigenvalue weighted by atomic mass is 9.90. The first kappa shape index (κ1) is 11.2. The van der Waals surface area contributed by atoms with Crippen LogP contribution in [0.25, 0.3) is 0 Å². The van der Waals surface area contributed by atoms with Gasteiger partial charge in [0.15, 0.2) is 0 Å². The minimum Gasteiger partial charge on any atom is -0.333 e. The number of imidazole rings is 1. The molecule has 0 saturated heterocycles. The number of hydrogen-bond acceptors (Lipinski definition) is 2. The smallest absolute Gasteiger partial charge is 0.0948 e. The highest BCUT2D eigenvalue weighted by Crippen LogP contribution is 2.23. The zero-order valence-corrected chi connectivity index (χ0v) is 9.62. The monoisotopic (exact) mass is 195 g/mol. The Morgan fingerprint density at radius 1 is 1.57 bits per heavy atom. The molecule has 0 fully saturated rings. The second kappa shape index (κ2) is 4.13. The summed E-state index contributed by atoms with van der Waals surface area (Å²) in [5, 5.41) is 0. The van der Waals surface area contributed by atoms with Crippen LogP contribution in [0, 0.1) is 5.41 Å². The number of nitrogens with zero attached hydrogens (tertiary/aromatic N) is 2. The molecule has 0 spiro atoms. The maximum absolute atomic E-state index is 5.86. The quantitative estimate of drug-likeness (QED) is 0.801. The van der Waals surface area contributed by atoms with E-state index in [4.69, 9.17) is 5.73 Å². The molecule has 2 N–H and O–H groups in total. The normalized spacial score (nSPS) is 14.4. The second-order valence-corrected chi connectivity index (χ2v) is 4.75. The Morgan fingerprint density at radius 2 is 2.21 bits per heavy atom. The summed E-state index contributed by atoms with van der Waals surface area (Å²) in [4.78, 5) is 4.14. The molecule has 80 valence electrons. The molecule has 0 unspecified atom stereocenters. The molecule has 0 bridgehead atoms. The van der Waals surface area contributed by atoms with Gasteiger partial charge in [0.2, 0.25) is 0 Å². The standard InChI is InChI=1S/C11H21N3/c1-5-11(3,4)7-14-8-13-6-10(14)9(2)12/h6,8-9H,5,7,12H2,1-4H3/t9-/m1/s1. The van der Waals surface area contributed by atoms with E-state index >= 15 is 0 Å². The maximum atomic E-state index is 5.86. The first-order valence-corrected chi connectivity index (χ1v) is 5.22. The minimum atomic E-state index is 0.0603. The van der Waals surface area contributed by atoms with Crippen LogP contribution < -0.4 is 5.73 Å². The lowest BCUT2D eigenvalue weighted by molar-refractivity contribution is 0.289. The highest BCUT2D eigenvalue weighted by atomic mass is 15.1. The van der Waals surface area contributed by atoms with E-state index in [1.807, 2.05) is 19.4 Å². The van der Waals surface area contributed by atoms with Gasteiger partial charge in [0.25, 0.3) is 0 Å². The van der Waals surface area contributed by atoms with Gasteiger partial charge in [-0.25, -0.2) is 4.98 Å². The molecule has 0 amide bonds. The SMILES string of the molecule is CCC(C)(C)Cn1cncc1[C@@H](C)N. The molecule has 0 aliphatic carbocycles. The van der Waals surface area contributed by atoms with Crippen molar-refractivity contribution in [2.45, 2.75) is 46.7 Å². The van der Waals surface area contributed by atoms with Gasteiger partial charge in [-0.1, -0.05) is 20.8 Å². The van der Waals surface area contributed by atoms with Gasteiger partial charge >= 0.3 is 0 Å². The van der Waals surface area contributed by atoms with Crippen LogP contribution in [0.1, 0.15) is 45.9 Å². The van der Waals surface area contributed by atoms with Crippen molar-refractivity contribution in [2.75, 3.05) is 0 Å². The molecule has 14 heavy (non-hydrogen) atoms. The number of rotatable bonds is 4. The molecular weight excluding hydrogens is 174 g/mol. The molecule has 1 aromatic heterocycles. The summed E-state index contributed by atoms with van der Waals surface area (Å²) in [5.41, 5.74) is 7.29. The number of nitrogens with two attached hydrogens (primary N) is 1. The van der Waals surface area contributed by atoms with Crippen molar-refractivity contribution < 1.29 is 0 Å². The average Bonchev–Trinajstić information content (AvgIpc) is 2.51. The molecule has 1 aromatic rings. The van der Waals surface area contributed by atoms with Gasteiger partial charge in [-0.2, -0.15) is 0 Å². The summed E-state index contributed by atoms with van der Waals surface area (Å²) in [6, 6.07) is 0.0603. The van der Waals surface area contributed by atoms with Gasteiger partial charge in [-0.3, -0.25) is 0 Å². The van der Waals surface area contributed by atoms with Crippen molar-refractivity contribution in [3.05, 3.63) is 18.2 Å². The van der Waals surface area contributed by atoms with Crippen LogP contribution in [0.5, 0.6) is 0 Å². The van der Waals surface area contributed by atoms with Gasteiger partial charge in [0.1, 0.15) is 0 Å². The van der Waals surface area contributed by atoms with Crippen LogP contribution >= 0.6 is 0 Å². The zero-order valence-electron chi connectivity index (χ0n) is 9.62. The summed E-state index contributed by atoms with van der Waals surface area (Å²) in [6.45, 7) is 9.71. The Morgan fingerprint density at radius 3 is 2.71 bits per heavy atom. The molecule has 0 radical (unpaired) electrons. The third kappa shape index (κ3) is 2.58. The van der Waals surface area contributed by atoms with Gasteiger partial charge in [0, 0.05) is 18.8 Å². The minimum absolute atomic E-state index is 0.0603. The molecular formula is C11H21N3. The van der Waals surface area contributed by atoms with Crippen molar-refractivity contribution in [1.29, 1.82) is 0 Å². The van der Waals surface area contributed by atoms with Gasteiger partial charge in [-0.15, -0.1) is 0 Å². The fraction of sp³-hybridized carbons (Fsp3) is 0.727. The van der Waals surface area contributed by atoms with E-state index in [-0.39, 0.29) is 6.04 Å². The van der Waals surface area contributed by atoms with Crippen LogP contribution in [0.4, 0.5) is 0 Å². The van der Waals surface area contributed by atoms with Crippen LogP contribution in [-0.4, -0.2) is 9.55 Å². The van der Waals surface area contributed by atoms with Crippen molar-refractivity contribution >= 4 is 0 Å². The highest BCUT2D eigenvalue weighted by molar-refractivity contribution is 5.03. The molecule has 0 saturated carbocycles. The lowest BCUT2D eigenvalue weighted by Gasteiger charge is -2.24. The van der Waals surface area contributed by atoms with Gasteiger partial charge < -0.3 is 10.3 Å². The molecule has 1 rings (SSSR count). The van der Waals surface area contributed by atoms with Crippen molar-refractivity contribution in [2.24, 2.45) is 11.1 Å². The Balaban J connectivity index is 2.81. The number of aromatic nitrogens is 2. The van der Waals surface area contributed by atoms with E-state index in [2.05, 4.69) is 30.3 Å². The third-order valence-corrected chi connectivity index (χ3v) is 2.77. The second-order valence-electron chi connectivity index (χ2n) is 4.75. The van der Waals surface area contributed by atoms with Crippen LogP contribution in [0.15, 0.2) is 12.5 Å². The zero-order chi connectivity index (χ0) is 10.8. The lowest BCUT2D eigenvalue weighted by Crippen LogP contribution is -2.21. The molecule has 3 nitrogen and oxygen atoms in total. The van der Waals surface area contributed by atoms with E-state index in [0.29, 0.717) is 5.41 Å². The van der Waals surface area contributed by atoms with E-state index in [1.165, 1.54) is 0 Å². The molecule has 0 aromatic carbocycles. The Bertz CT molecular complexity index is 286. The maximum Gasteiger partial charge on any atom is 0.0948 e. The largest absolute Gasteiger partial charge is 0.333 e. The summed E-state index contributed by atoms with van der Waals surface area (Å²) in [6.07, 6.45) is 4.89. The fourth-order valence-electron chi connectivity index (χ4n) is 1.42.